The number of methoxy groups -OCH3 is 1. The first-order valence-electron chi connectivity index (χ1n) is 8.08. The summed E-state index contributed by atoms with van der Waals surface area (Å²) in [7, 11) is 1.71. The first-order valence-corrected chi connectivity index (χ1v) is 8.08. The highest BCUT2D eigenvalue weighted by atomic mass is 16.5. The van der Waals surface area contributed by atoms with Gasteiger partial charge in [-0.25, -0.2) is 0 Å². The number of likely N-dealkylation sites (tertiary alicyclic amines) is 1. The SMILES string of the molecule is C=C(C)CN1CCC(NC/C=C/c2ccccc2OC)CC1. The van der Waals surface area contributed by atoms with E-state index in [9.17, 15) is 0 Å². The summed E-state index contributed by atoms with van der Waals surface area (Å²) >= 11 is 0. The Hall–Kier alpha value is -1.58. The Bertz CT molecular complexity index is 502. The summed E-state index contributed by atoms with van der Waals surface area (Å²) in [5.41, 5.74) is 2.38. The molecule has 3 nitrogen and oxygen atoms in total. The molecule has 0 radical (unpaired) electrons. The minimum Gasteiger partial charge on any atom is -0.496 e. The van der Waals surface area contributed by atoms with E-state index in [-0.39, 0.29) is 0 Å². The second-order valence-corrected chi connectivity index (χ2v) is 6.06. The van der Waals surface area contributed by atoms with Crippen LogP contribution in [0.1, 0.15) is 25.3 Å². The van der Waals surface area contributed by atoms with E-state index >= 15 is 0 Å². The highest BCUT2D eigenvalue weighted by Gasteiger charge is 2.17. The molecule has 1 heterocycles. The van der Waals surface area contributed by atoms with E-state index in [1.54, 1.807) is 7.11 Å². The highest BCUT2D eigenvalue weighted by molar-refractivity contribution is 5.57. The standard InChI is InChI=1S/C19H28N2O/c1-16(2)15-21-13-10-18(11-14-21)20-12-6-8-17-7-4-5-9-19(17)22-3/h4-9,18,20H,1,10-15H2,2-3H3/b8-6+. The maximum atomic E-state index is 5.35. The van der Waals surface area contributed by atoms with E-state index in [2.05, 4.69) is 41.9 Å². The molecule has 0 aromatic heterocycles. The first kappa shape index (κ1) is 16.8. The van der Waals surface area contributed by atoms with E-state index in [1.807, 2.05) is 18.2 Å². The van der Waals surface area contributed by atoms with Crippen molar-refractivity contribution in [2.75, 3.05) is 33.3 Å². The number of rotatable bonds is 7. The maximum Gasteiger partial charge on any atom is 0.126 e. The van der Waals surface area contributed by atoms with Crippen molar-refractivity contribution in [1.82, 2.24) is 10.2 Å². The van der Waals surface area contributed by atoms with E-state index in [4.69, 9.17) is 4.74 Å². The zero-order valence-electron chi connectivity index (χ0n) is 13.8. The molecular formula is C19H28N2O. The van der Waals surface area contributed by atoms with Crippen LogP contribution in [0.25, 0.3) is 6.08 Å². The summed E-state index contributed by atoms with van der Waals surface area (Å²) in [5.74, 6) is 0.923. The van der Waals surface area contributed by atoms with Crippen molar-refractivity contribution < 1.29 is 4.74 Å². The smallest absolute Gasteiger partial charge is 0.126 e. The van der Waals surface area contributed by atoms with Crippen LogP contribution >= 0.6 is 0 Å². The molecule has 0 bridgehead atoms. The molecule has 0 unspecified atom stereocenters. The Morgan fingerprint density at radius 3 is 2.77 bits per heavy atom. The molecule has 0 saturated carbocycles. The average molecular weight is 300 g/mol. The van der Waals surface area contributed by atoms with Crippen molar-refractivity contribution >= 4 is 6.08 Å². The molecule has 0 amide bonds. The normalized spacial score (nSPS) is 17.0. The molecule has 1 aromatic rings. The van der Waals surface area contributed by atoms with Crippen molar-refractivity contribution in [3.05, 3.63) is 48.1 Å². The predicted octanol–water partition coefficient (Wildman–Crippen LogP) is 3.34. The fraction of sp³-hybridized carbons (Fsp3) is 0.474. The van der Waals surface area contributed by atoms with E-state index in [1.165, 1.54) is 31.5 Å². The van der Waals surface area contributed by atoms with Crippen LogP contribution < -0.4 is 10.1 Å². The molecule has 22 heavy (non-hydrogen) atoms. The first-order chi connectivity index (χ1) is 10.7. The molecule has 1 N–H and O–H groups in total. The average Bonchev–Trinajstić information content (AvgIpc) is 2.53. The maximum absolute atomic E-state index is 5.35. The molecule has 1 saturated heterocycles. The zero-order valence-corrected chi connectivity index (χ0v) is 13.8. The summed E-state index contributed by atoms with van der Waals surface area (Å²) in [6, 6.07) is 8.72. The largest absolute Gasteiger partial charge is 0.496 e. The number of nitrogens with zero attached hydrogens (tertiary/aromatic N) is 1. The highest BCUT2D eigenvalue weighted by Crippen LogP contribution is 2.18. The molecule has 1 fully saturated rings. The summed E-state index contributed by atoms with van der Waals surface area (Å²) in [6.45, 7) is 10.4. The van der Waals surface area contributed by atoms with Crippen LogP contribution in [0.3, 0.4) is 0 Å². The Balaban J connectivity index is 1.71. The van der Waals surface area contributed by atoms with Crippen molar-refractivity contribution in [2.45, 2.75) is 25.8 Å². The molecule has 0 atom stereocenters. The molecule has 0 aliphatic carbocycles. The van der Waals surface area contributed by atoms with Gasteiger partial charge in [-0.3, -0.25) is 4.90 Å². The molecule has 120 valence electrons. The third-order valence-electron chi connectivity index (χ3n) is 4.04. The van der Waals surface area contributed by atoms with Gasteiger partial charge in [0.1, 0.15) is 5.75 Å². The molecule has 0 spiro atoms. The summed E-state index contributed by atoms with van der Waals surface area (Å²) in [4.78, 5) is 2.49. The second kappa shape index (κ2) is 8.76. The zero-order chi connectivity index (χ0) is 15.8. The summed E-state index contributed by atoms with van der Waals surface area (Å²) in [5, 5.41) is 3.63. The van der Waals surface area contributed by atoms with E-state index < -0.39 is 0 Å². The quantitative estimate of drug-likeness (QED) is 0.782. The van der Waals surface area contributed by atoms with Gasteiger partial charge in [0.2, 0.25) is 0 Å². The van der Waals surface area contributed by atoms with Gasteiger partial charge in [0.25, 0.3) is 0 Å². The second-order valence-electron chi connectivity index (χ2n) is 6.06. The molecule has 1 aliphatic rings. The number of piperidine rings is 1. The third-order valence-corrected chi connectivity index (χ3v) is 4.04. The van der Waals surface area contributed by atoms with Crippen molar-refractivity contribution in [1.29, 1.82) is 0 Å². The van der Waals surface area contributed by atoms with Crippen molar-refractivity contribution in [3.8, 4) is 5.75 Å². The van der Waals surface area contributed by atoms with Gasteiger partial charge in [-0.2, -0.15) is 0 Å². The Morgan fingerprint density at radius 2 is 2.09 bits per heavy atom. The van der Waals surface area contributed by atoms with Gasteiger partial charge in [0.15, 0.2) is 0 Å². The Kier molecular flexibility index (Phi) is 6.69. The fourth-order valence-electron chi connectivity index (χ4n) is 2.90. The number of para-hydroxylation sites is 1. The van der Waals surface area contributed by atoms with Crippen LogP contribution in [-0.2, 0) is 0 Å². The monoisotopic (exact) mass is 300 g/mol. The lowest BCUT2D eigenvalue weighted by Crippen LogP contribution is -2.42. The minimum absolute atomic E-state index is 0.628. The van der Waals surface area contributed by atoms with Crippen molar-refractivity contribution in [3.63, 3.8) is 0 Å². The van der Waals surface area contributed by atoms with Gasteiger partial charge in [0, 0.05) is 24.7 Å². The molecular weight excluding hydrogens is 272 g/mol. The van der Waals surface area contributed by atoms with Gasteiger partial charge in [-0.15, -0.1) is 0 Å². The molecule has 1 aliphatic heterocycles. The van der Waals surface area contributed by atoms with Gasteiger partial charge < -0.3 is 10.1 Å². The fourth-order valence-corrected chi connectivity index (χ4v) is 2.90. The van der Waals surface area contributed by atoms with Crippen LogP contribution in [0.2, 0.25) is 0 Å². The summed E-state index contributed by atoms with van der Waals surface area (Å²) in [6.07, 6.45) is 6.74. The molecule has 1 aromatic carbocycles. The topological polar surface area (TPSA) is 24.5 Å². The van der Waals surface area contributed by atoms with Gasteiger partial charge in [-0.05, 0) is 38.9 Å². The third kappa shape index (κ3) is 5.32. The van der Waals surface area contributed by atoms with Crippen molar-refractivity contribution in [2.24, 2.45) is 0 Å². The molecule has 2 rings (SSSR count). The number of hydrogen-bond donors (Lipinski definition) is 1. The number of benzene rings is 1. The van der Waals surface area contributed by atoms with Crippen LogP contribution in [0.15, 0.2) is 42.5 Å². The Labute approximate surface area is 134 Å². The Morgan fingerprint density at radius 1 is 1.36 bits per heavy atom. The molecule has 3 heteroatoms. The number of nitrogens with one attached hydrogen (secondary N) is 1. The number of hydrogen-bond acceptors (Lipinski definition) is 3. The lowest BCUT2D eigenvalue weighted by molar-refractivity contribution is 0.214. The van der Waals surface area contributed by atoms with Crippen LogP contribution in [-0.4, -0.2) is 44.2 Å². The predicted molar refractivity (Wildman–Crippen MR) is 94.3 cm³/mol. The van der Waals surface area contributed by atoms with Crippen LogP contribution in [0, 0.1) is 0 Å². The lowest BCUT2D eigenvalue weighted by Gasteiger charge is -2.32. The van der Waals surface area contributed by atoms with Gasteiger partial charge in [0.05, 0.1) is 7.11 Å². The van der Waals surface area contributed by atoms with Gasteiger partial charge in [-0.1, -0.05) is 42.5 Å². The van der Waals surface area contributed by atoms with E-state index in [0.29, 0.717) is 6.04 Å². The van der Waals surface area contributed by atoms with E-state index in [0.717, 1.165) is 24.4 Å². The van der Waals surface area contributed by atoms with Crippen LogP contribution in [0.4, 0.5) is 0 Å². The summed E-state index contributed by atoms with van der Waals surface area (Å²) < 4.78 is 5.35. The lowest BCUT2D eigenvalue weighted by atomic mass is 10.0. The minimum atomic E-state index is 0.628. The van der Waals surface area contributed by atoms with Gasteiger partial charge >= 0.3 is 0 Å². The number of ether oxygens (including phenoxy) is 1. The van der Waals surface area contributed by atoms with Crippen LogP contribution in [0.5, 0.6) is 5.75 Å².